The summed E-state index contributed by atoms with van der Waals surface area (Å²) in [4.78, 5) is 11.4. The highest BCUT2D eigenvalue weighted by Crippen LogP contribution is 2.25. The zero-order valence-corrected chi connectivity index (χ0v) is 10.2. The van der Waals surface area contributed by atoms with Gasteiger partial charge in [-0.05, 0) is 28.8 Å². The zero-order valence-electron chi connectivity index (χ0n) is 10.2. The number of rotatable bonds is 3. The maximum atomic E-state index is 11.4. The van der Waals surface area contributed by atoms with E-state index in [4.69, 9.17) is 10.5 Å². The van der Waals surface area contributed by atoms with Crippen molar-refractivity contribution in [2.24, 2.45) is 0 Å². The van der Waals surface area contributed by atoms with Gasteiger partial charge in [-0.3, -0.25) is 4.79 Å². The molecule has 18 heavy (non-hydrogen) atoms. The van der Waals surface area contributed by atoms with Crippen LogP contribution in [-0.2, 0) is 16.0 Å². The Labute approximate surface area is 106 Å². The molecule has 0 aliphatic rings. The van der Waals surface area contributed by atoms with Gasteiger partial charge in [0.05, 0.1) is 13.5 Å². The van der Waals surface area contributed by atoms with Gasteiger partial charge in [-0.2, -0.15) is 0 Å². The molecule has 0 aromatic heterocycles. The average Bonchev–Trinajstić information content (AvgIpc) is 2.40. The molecule has 0 spiro atoms. The molecule has 0 saturated carbocycles. The number of benzene rings is 2. The molecule has 92 valence electrons. The van der Waals surface area contributed by atoms with Crippen LogP contribution in [0.25, 0.3) is 11.1 Å². The summed E-state index contributed by atoms with van der Waals surface area (Å²) in [5.74, 6) is -0.238. The van der Waals surface area contributed by atoms with Crippen molar-refractivity contribution in [3.8, 4) is 11.1 Å². The van der Waals surface area contributed by atoms with Gasteiger partial charge in [-0.15, -0.1) is 0 Å². The van der Waals surface area contributed by atoms with Crippen LogP contribution < -0.4 is 5.73 Å². The van der Waals surface area contributed by atoms with Gasteiger partial charge >= 0.3 is 5.97 Å². The molecule has 0 atom stereocenters. The van der Waals surface area contributed by atoms with E-state index in [1.165, 1.54) is 7.11 Å². The van der Waals surface area contributed by atoms with E-state index < -0.39 is 0 Å². The van der Waals surface area contributed by atoms with Crippen molar-refractivity contribution in [3.63, 3.8) is 0 Å². The molecule has 0 unspecified atom stereocenters. The fourth-order valence-electron chi connectivity index (χ4n) is 1.85. The van der Waals surface area contributed by atoms with E-state index >= 15 is 0 Å². The molecule has 0 fully saturated rings. The molecule has 0 heterocycles. The second kappa shape index (κ2) is 5.36. The Hall–Kier alpha value is -2.29. The molecule has 0 aliphatic carbocycles. The molecule has 2 aromatic carbocycles. The Balaban J connectivity index is 2.38. The largest absolute Gasteiger partial charge is 0.469 e. The average molecular weight is 241 g/mol. The van der Waals surface area contributed by atoms with Crippen molar-refractivity contribution in [3.05, 3.63) is 54.1 Å². The minimum absolute atomic E-state index is 0.238. The number of esters is 1. The molecule has 3 nitrogen and oxygen atoms in total. The highest BCUT2D eigenvalue weighted by atomic mass is 16.5. The predicted octanol–water partition coefficient (Wildman–Crippen LogP) is 2.65. The first-order chi connectivity index (χ1) is 8.70. The number of hydrogen-bond donors (Lipinski definition) is 1. The standard InChI is InChI=1S/C15H15NO2/c1-18-15(17)10-12-4-2-3-5-14(12)11-6-8-13(16)9-7-11/h2-9H,10,16H2,1H3. The van der Waals surface area contributed by atoms with Crippen LogP contribution in [0.2, 0.25) is 0 Å². The lowest BCUT2D eigenvalue weighted by Crippen LogP contribution is -2.05. The van der Waals surface area contributed by atoms with Gasteiger partial charge in [0.15, 0.2) is 0 Å². The highest BCUT2D eigenvalue weighted by Gasteiger charge is 2.08. The monoisotopic (exact) mass is 241 g/mol. The molecule has 3 heteroatoms. The fraction of sp³-hybridized carbons (Fsp3) is 0.133. The lowest BCUT2D eigenvalue weighted by molar-refractivity contribution is -0.139. The Morgan fingerprint density at radius 1 is 1.11 bits per heavy atom. The summed E-state index contributed by atoms with van der Waals surface area (Å²) in [5.41, 5.74) is 9.43. The van der Waals surface area contributed by atoms with Crippen LogP contribution >= 0.6 is 0 Å². The molecule has 2 N–H and O–H groups in total. The van der Waals surface area contributed by atoms with Crippen LogP contribution in [0.3, 0.4) is 0 Å². The van der Waals surface area contributed by atoms with Gasteiger partial charge in [0.2, 0.25) is 0 Å². The first kappa shape index (κ1) is 12.2. The number of methoxy groups -OCH3 is 1. The number of hydrogen-bond acceptors (Lipinski definition) is 3. The highest BCUT2D eigenvalue weighted by molar-refractivity contribution is 5.78. The molecule has 0 saturated heterocycles. The van der Waals surface area contributed by atoms with Crippen molar-refractivity contribution in [1.82, 2.24) is 0 Å². The molecule has 2 aromatic rings. The van der Waals surface area contributed by atoms with Gasteiger partial charge in [0, 0.05) is 5.69 Å². The third kappa shape index (κ3) is 2.69. The summed E-state index contributed by atoms with van der Waals surface area (Å²) in [6.45, 7) is 0. The first-order valence-electron chi connectivity index (χ1n) is 5.71. The predicted molar refractivity (Wildman–Crippen MR) is 72.0 cm³/mol. The van der Waals surface area contributed by atoms with E-state index in [1.807, 2.05) is 48.5 Å². The van der Waals surface area contributed by atoms with Crippen molar-refractivity contribution in [2.75, 3.05) is 12.8 Å². The summed E-state index contributed by atoms with van der Waals surface area (Å²) >= 11 is 0. The minimum Gasteiger partial charge on any atom is -0.469 e. The van der Waals surface area contributed by atoms with Crippen LogP contribution in [0.5, 0.6) is 0 Å². The smallest absolute Gasteiger partial charge is 0.309 e. The van der Waals surface area contributed by atoms with E-state index in [9.17, 15) is 4.79 Å². The Morgan fingerprint density at radius 3 is 2.44 bits per heavy atom. The second-order valence-electron chi connectivity index (χ2n) is 4.03. The summed E-state index contributed by atoms with van der Waals surface area (Å²) in [6, 6.07) is 15.4. The molecule has 0 amide bonds. The van der Waals surface area contributed by atoms with Crippen LogP contribution in [0.1, 0.15) is 5.56 Å². The van der Waals surface area contributed by atoms with Crippen molar-refractivity contribution in [1.29, 1.82) is 0 Å². The lowest BCUT2D eigenvalue weighted by atomic mass is 9.97. The number of ether oxygens (including phenoxy) is 1. The van der Waals surface area contributed by atoms with Gasteiger partial charge in [0.1, 0.15) is 0 Å². The summed E-state index contributed by atoms with van der Waals surface area (Å²) in [7, 11) is 1.40. The van der Waals surface area contributed by atoms with E-state index in [0.717, 1.165) is 22.4 Å². The Kier molecular flexibility index (Phi) is 3.63. The van der Waals surface area contributed by atoms with Crippen molar-refractivity contribution < 1.29 is 9.53 Å². The lowest BCUT2D eigenvalue weighted by Gasteiger charge is -2.09. The quantitative estimate of drug-likeness (QED) is 0.664. The molecule has 0 radical (unpaired) electrons. The third-order valence-corrected chi connectivity index (χ3v) is 2.80. The summed E-state index contributed by atoms with van der Waals surface area (Å²) < 4.78 is 4.71. The number of nitrogens with two attached hydrogens (primary N) is 1. The van der Waals surface area contributed by atoms with Crippen LogP contribution in [0.4, 0.5) is 5.69 Å². The van der Waals surface area contributed by atoms with Gasteiger partial charge < -0.3 is 10.5 Å². The van der Waals surface area contributed by atoms with Gasteiger partial charge in [-0.1, -0.05) is 36.4 Å². The normalized spacial score (nSPS) is 10.1. The molecular weight excluding hydrogens is 226 g/mol. The van der Waals surface area contributed by atoms with E-state index in [1.54, 1.807) is 0 Å². The molecule has 0 aliphatic heterocycles. The number of carbonyl (C=O) groups excluding carboxylic acids is 1. The second-order valence-corrected chi connectivity index (χ2v) is 4.03. The van der Waals surface area contributed by atoms with E-state index in [2.05, 4.69) is 0 Å². The van der Waals surface area contributed by atoms with Crippen molar-refractivity contribution >= 4 is 11.7 Å². The van der Waals surface area contributed by atoms with Crippen LogP contribution in [0.15, 0.2) is 48.5 Å². The third-order valence-electron chi connectivity index (χ3n) is 2.80. The van der Waals surface area contributed by atoms with Crippen LogP contribution in [0, 0.1) is 0 Å². The number of carbonyl (C=O) groups is 1. The summed E-state index contributed by atoms with van der Waals surface area (Å²) in [5, 5.41) is 0. The molecule has 2 rings (SSSR count). The maximum Gasteiger partial charge on any atom is 0.309 e. The number of anilines is 1. The van der Waals surface area contributed by atoms with E-state index in [-0.39, 0.29) is 12.4 Å². The summed E-state index contributed by atoms with van der Waals surface area (Å²) in [6.07, 6.45) is 0.275. The topological polar surface area (TPSA) is 52.3 Å². The molecule has 0 bridgehead atoms. The van der Waals surface area contributed by atoms with Gasteiger partial charge in [0.25, 0.3) is 0 Å². The van der Waals surface area contributed by atoms with E-state index in [0.29, 0.717) is 0 Å². The zero-order chi connectivity index (χ0) is 13.0. The fourth-order valence-corrected chi connectivity index (χ4v) is 1.85. The van der Waals surface area contributed by atoms with Crippen LogP contribution in [-0.4, -0.2) is 13.1 Å². The molecular formula is C15H15NO2. The SMILES string of the molecule is COC(=O)Cc1ccccc1-c1ccc(N)cc1. The Morgan fingerprint density at radius 2 is 1.78 bits per heavy atom. The number of nitrogen functional groups attached to an aromatic ring is 1. The van der Waals surface area contributed by atoms with Gasteiger partial charge in [-0.25, -0.2) is 0 Å². The minimum atomic E-state index is -0.238. The maximum absolute atomic E-state index is 11.4. The Bertz CT molecular complexity index is 547. The first-order valence-corrected chi connectivity index (χ1v) is 5.71. The van der Waals surface area contributed by atoms with Crippen molar-refractivity contribution in [2.45, 2.75) is 6.42 Å².